The molecule has 3 rings (SSSR count). The fraction of sp³-hybridized carbons (Fsp3) is 0.167. The number of esters is 1. The van der Waals surface area contributed by atoms with Crippen molar-refractivity contribution in [2.24, 2.45) is 12.0 Å². The van der Waals surface area contributed by atoms with Gasteiger partial charge in [-0.3, -0.25) is 4.79 Å². The molecule has 0 saturated carbocycles. The minimum atomic E-state index is -0.401. The van der Waals surface area contributed by atoms with E-state index in [1.807, 2.05) is 17.7 Å². The van der Waals surface area contributed by atoms with Crippen LogP contribution in [-0.2, 0) is 11.8 Å². The van der Waals surface area contributed by atoms with Gasteiger partial charge in [-0.15, -0.1) is 0 Å². The summed E-state index contributed by atoms with van der Waals surface area (Å²) in [5.41, 5.74) is 1.74. The van der Waals surface area contributed by atoms with Crippen molar-refractivity contribution in [2.75, 3.05) is 14.2 Å². The number of amides is 1. The van der Waals surface area contributed by atoms with Gasteiger partial charge in [-0.05, 0) is 30.3 Å². The molecule has 6 nitrogen and oxygen atoms in total. The molecule has 0 aliphatic heterocycles. The molecule has 0 aliphatic carbocycles. The average molecular weight is 356 g/mol. The lowest BCUT2D eigenvalue weighted by molar-refractivity contribution is 0.0601. The molecule has 0 radical (unpaired) electrons. The van der Waals surface area contributed by atoms with Crippen LogP contribution < -0.4 is 9.54 Å². The molecule has 0 spiro atoms. The molecule has 0 N–H and O–H groups in total. The topological polar surface area (TPSA) is 69.9 Å². The number of rotatable bonds is 3. The molecule has 7 heteroatoms. The lowest BCUT2D eigenvalue weighted by atomic mass is 10.2. The smallest absolute Gasteiger partial charge is 0.337 e. The van der Waals surface area contributed by atoms with Crippen LogP contribution >= 0.6 is 11.3 Å². The number of hydrogen-bond donors (Lipinski definition) is 0. The Morgan fingerprint density at radius 3 is 2.60 bits per heavy atom. The summed E-state index contributed by atoms with van der Waals surface area (Å²) in [6, 6.07) is 12.2. The SMILES string of the molecule is COC(=O)c1ccc2c(c1)sc(=NC(=O)c1ccccc1OC)n2C. The summed E-state index contributed by atoms with van der Waals surface area (Å²) in [5.74, 6) is -0.303. The minimum Gasteiger partial charge on any atom is -0.496 e. The van der Waals surface area contributed by atoms with E-state index < -0.39 is 5.97 Å². The van der Waals surface area contributed by atoms with Crippen LogP contribution in [0.1, 0.15) is 20.7 Å². The number of carbonyl (C=O) groups excluding carboxylic acids is 2. The number of thiazole rings is 1. The Hall–Kier alpha value is -2.93. The molecule has 2 aromatic carbocycles. The van der Waals surface area contributed by atoms with Crippen LogP contribution in [0.5, 0.6) is 5.75 Å². The van der Waals surface area contributed by atoms with Crippen LogP contribution in [0.4, 0.5) is 0 Å². The number of methoxy groups -OCH3 is 2. The van der Waals surface area contributed by atoms with Gasteiger partial charge in [0.25, 0.3) is 5.91 Å². The van der Waals surface area contributed by atoms with E-state index in [1.165, 1.54) is 25.6 Å². The summed E-state index contributed by atoms with van der Waals surface area (Å²) in [5, 5.41) is 0. The number of ether oxygens (including phenoxy) is 2. The molecule has 3 aromatic rings. The standard InChI is InChI=1S/C18H16N2O4S/c1-20-13-9-8-11(17(22)24-3)10-15(13)25-18(20)19-16(21)12-6-4-5-7-14(12)23-2/h4-10H,1-3H3. The number of carbonyl (C=O) groups is 2. The molecule has 0 fully saturated rings. The Morgan fingerprint density at radius 2 is 1.88 bits per heavy atom. The highest BCUT2D eigenvalue weighted by Gasteiger charge is 2.13. The van der Waals surface area contributed by atoms with Crippen molar-refractivity contribution in [1.82, 2.24) is 4.57 Å². The van der Waals surface area contributed by atoms with Gasteiger partial charge in [0.1, 0.15) is 5.75 Å². The van der Waals surface area contributed by atoms with Crippen LogP contribution in [0, 0.1) is 0 Å². The van der Waals surface area contributed by atoms with E-state index in [0.717, 1.165) is 10.2 Å². The maximum atomic E-state index is 12.5. The zero-order valence-electron chi connectivity index (χ0n) is 14.0. The fourth-order valence-corrected chi connectivity index (χ4v) is 3.51. The summed E-state index contributed by atoms with van der Waals surface area (Å²) >= 11 is 1.33. The number of hydrogen-bond acceptors (Lipinski definition) is 5. The highest BCUT2D eigenvalue weighted by molar-refractivity contribution is 7.16. The van der Waals surface area contributed by atoms with Crippen molar-refractivity contribution in [3.05, 3.63) is 58.4 Å². The minimum absolute atomic E-state index is 0.382. The normalized spacial score (nSPS) is 11.6. The predicted octanol–water partition coefficient (Wildman–Crippen LogP) is 2.78. The van der Waals surface area contributed by atoms with Crippen LogP contribution in [0.2, 0.25) is 0 Å². The summed E-state index contributed by atoms with van der Waals surface area (Å²) < 4.78 is 12.6. The highest BCUT2D eigenvalue weighted by atomic mass is 32.1. The van der Waals surface area contributed by atoms with E-state index in [-0.39, 0.29) is 5.91 Å². The first-order chi connectivity index (χ1) is 12.0. The number of nitrogens with zero attached hydrogens (tertiary/aromatic N) is 2. The van der Waals surface area contributed by atoms with Crippen LogP contribution in [0.3, 0.4) is 0 Å². The number of benzene rings is 2. The lowest BCUT2D eigenvalue weighted by Crippen LogP contribution is -2.13. The Kier molecular flexibility index (Phi) is 4.67. The van der Waals surface area contributed by atoms with Crippen LogP contribution in [0.25, 0.3) is 10.2 Å². The average Bonchev–Trinajstić information content (AvgIpc) is 2.95. The Labute approximate surface area is 148 Å². The first-order valence-corrected chi connectivity index (χ1v) is 8.26. The number of aryl methyl sites for hydroxylation is 1. The van der Waals surface area contributed by atoms with Gasteiger partial charge in [0.05, 0.1) is 35.6 Å². The van der Waals surface area contributed by atoms with Gasteiger partial charge < -0.3 is 14.0 Å². The zero-order valence-corrected chi connectivity index (χ0v) is 14.8. The first kappa shape index (κ1) is 16.9. The molecule has 0 aliphatic rings. The molecule has 1 heterocycles. The summed E-state index contributed by atoms with van der Waals surface area (Å²) in [7, 11) is 4.68. The van der Waals surface area contributed by atoms with E-state index in [0.29, 0.717) is 21.7 Å². The van der Waals surface area contributed by atoms with Gasteiger partial charge >= 0.3 is 5.97 Å². The molecule has 0 atom stereocenters. The summed E-state index contributed by atoms with van der Waals surface area (Å²) in [6.45, 7) is 0. The van der Waals surface area contributed by atoms with Gasteiger partial charge in [-0.2, -0.15) is 4.99 Å². The van der Waals surface area contributed by atoms with Crippen LogP contribution in [0.15, 0.2) is 47.5 Å². The first-order valence-electron chi connectivity index (χ1n) is 7.45. The van der Waals surface area contributed by atoms with E-state index in [1.54, 1.807) is 36.4 Å². The molecule has 128 valence electrons. The molecule has 0 saturated heterocycles. The van der Waals surface area contributed by atoms with Gasteiger partial charge in [0, 0.05) is 7.05 Å². The molecular weight excluding hydrogens is 340 g/mol. The third kappa shape index (κ3) is 3.18. The van der Waals surface area contributed by atoms with E-state index >= 15 is 0 Å². The van der Waals surface area contributed by atoms with E-state index in [9.17, 15) is 9.59 Å². The lowest BCUT2D eigenvalue weighted by Gasteiger charge is -2.03. The predicted molar refractivity (Wildman–Crippen MR) is 95.0 cm³/mol. The Balaban J connectivity index is 2.09. The maximum absolute atomic E-state index is 12.5. The molecule has 25 heavy (non-hydrogen) atoms. The molecule has 1 amide bonds. The summed E-state index contributed by atoms with van der Waals surface area (Å²) in [4.78, 5) is 28.9. The molecule has 1 aromatic heterocycles. The third-order valence-electron chi connectivity index (χ3n) is 3.77. The Morgan fingerprint density at radius 1 is 1.12 bits per heavy atom. The number of para-hydroxylation sites is 1. The van der Waals surface area contributed by atoms with Crippen molar-refractivity contribution < 1.29 is 19.1 Å². The zero-order chi connectivity index (χ0) is 18.0. The van der Waals surface area contributed by atoms with E-state index in [4.69, 9.17) is 9.47 Å². The van der Waals surface area contributed by atoms with Gasteiger partial charge in [0.2, 0.25) is 0 Å². The molecular formula is C18H16N2O4S. The Bertz CT molecular complexity index is 1030. The van der Waals surface area contributed by atoms with Crippen molar-refractivity contribution >= 4 is 33.4 Å². The second-order valence-electron chi connectivity index (χ2n) is 5.23. The van der Waals surface area contributed by atoms with Gasteiger partial charge in [0.15, 0.2) is 4.80 Å². The fourth-order valence-electron chi connectivity index (χ4n) is 2.45. The van der Waals surface area contributed by atoms with Crippen molar-refractivity contribution in [3.8, 4) is 5.75 Å². The molecule has 0 bridgehead atoms. The van der Waals surface area contributed by atoms with Crippen molar-refractivity contribution in [3.63, 3.8) is 0 Å². The number of fused-ring (bicyclic) bond motifs is 1. The monoisotopic (exact) mass is 356 g/mol. The third-order valence-corrected chi connectivity index (χ3v) is 4.86. The van der Waals surface area contributed by atoms with E-state index in [2.05, 4.69) is 4.99 Å². The maximum Gasteiger partial charge on any atom is 0.337 e. The van der Waals surface area contributed by atoms with Crippen molar-refractivity contribution in [2.45, 2.75) is 0 Å². The van der Waals surface area contributed by atoms with Crippen LogP contribution in [-0.4, -0.2) is 30.7 Å². The largest absolute Gasteiger partial charge is 0.496 e. The number of aromatic nitrogens is 1. The second-order valence-corrected chi connectivity index (χ2v) is 6.24. The summed E-state index contributed by atoms with van der Waals surface area (Å²) in [6.07, 6.45) is 0. The second kappa shape index (κ2) is 6.90. The quantitative estimate of drug-likeness (QED) is 0.677. The van der Waals surface area contributed by atoms with Gasteiger partial charge in [-0.1, -0.05) is 23.5 Å². The van der Waals surface area contributed by atoms with Crippen molar-refractivity contribution in [1.29, 1.82) is 0 Å². The molecule has 0 unspecified atom stereocenters. The highest BCUT2D eigenvalue weighted by Crippen LogP contribution is 2.20. The van der Waals surface area contributed by atoms with Gasteiger partial charge in [-0.25, -0.2) is 4.79 Å².